The Morgan fingerprint density at radius 1 is 1.37 bits per heavy atom. The second kappa shape index (κ2) is 7.21. The highest BCUT2D eigenvalue weighted by Gasteiger charge is 2.06. The van der Waals surface area contributed by atoms with E-state index >= 15 is 0 Å². The minimum absolute atomic E-state index is 0.742. The zero-order valence-electron chi connectivity index (χ0n) is 11.2. The molecule has 2 aromatic rings. The standard InChI is InChI=1S/C14H18N2O2S/c1-3-18-9-10-19-14-15-7-8-16(14)12-5-4-6-13(11-12)17-2/h4-8,11H,3,9-10H2,1-2H3. The van der Waals surface area contributed by atoms with Crippen molar-refractivity contribution in [3.63, 3.8) is 0 Å². The Kier molecular flexibility index (Phi) is 5.30. The molecular weight excluding hydrogens is 260 g/mol. The van der Waals surface area contributed by atoms with Crippen molar-refractivity contribution >= 4 is 11.8 Å². The Morgan fingerprint density at radius 2 is 2.26 bits per heavy atom. The summed E-state index contributed by atoms with van der Waals surface area (Å²) >= 11 is 1.69. The molecule has 0 amide bonds. The summed E-state index contributed by atoms with van der Waals surface area (Å²) in [5, 5.41) is 0.966. The highest BCUT2D eigenvalue weighted by Crippen LogP contribution is 2.22. The van der Waals surface area contributed by atoms with Gasteiger partial charge < -0.3 is 9.47 Å². The number of imidazole rings is 1. The minimum Gasteiger partial charge on any atom is -0.497 e. The van der Waals surface area contributed by atoms with Gasteiger partial charge in [0.05, 0.1) is 19.4 Å². The molecule has 19 heavy (non-hydrogen) atoms. The van der Waals surface area contributed by atoms with E-state index in [9.17, 15) is 0 Å². The molecule has 0 unspecified atom stereocenters. The lowest BCUT2D eigenvalue weighted by Crippen LogP contribution is -2.00. The van der Waals surface area contributed by atoms with Crippen LogP contribution in [0, 0.1) is 0 Å². The van der Waals surface area contributed by atoms with E-state index in [1.165, 1.54) is 0 Å². The summed E-state index contributed by atoms with van der Waals surface area (Å²) in [5.41, 5.74) is 1.05. The van der Waals surface area contributed by atoms with Crippen molar-refractivity contribution in [1.82, 2.24) is 9.55 Å². The third-order valence-electron chi connectivity index (χ3n) is 2.60. The molecule has 0 fully saturated rings. The minimum atomic E-state index is 0.742. The summed E-state index contributed by atoms with van der Waals surface area (Å²) in [6, 6.07) is 7.94. The van der Waals surface area contributed by atoms with Gasteiger partial charge in [-0.1, -0.05) is 17.8 Å². The summed E-state index contributed by atoms with van der Waals surface area (Å²) in [5.74, 6) is 1.74. The molecule has 0 aliphatic heterocycles. The number of ether oxygens (including phenoxy) is 2. The van der Waals surface area contributed by atoms with Crippen LogP contribution in [0.25, 0.3) is 5.69 Å². The lowest BCUT2D eigenvalue weighted by molar-refractivity contribution is 0.164. The van der Waals surface area contributed by atoms with Gasteiger partial charge in [-0.05, 0) is 19.1 Å². The van der Waals surface area contributed by atoms with Gasteiger partial charge >= 0.3 is 0 Å². The van der Waals surface area contributed by atoms with Gasteiger partial charge in [-0.3, -0.25) is 4.57 Å². The van der Waals surface area contributed by atoms with Gasteiger partial charge in [-0.15, -0.1) is 0 Å². The second-order valence-electron chi connectivity index (χ2n) is 3.83. The van der Waals surface area contributed by atoms with Crippen molar-refractivity contribution < 1.29 is 9.47 Å². The molecule has 0 N–H and O–H groups in total. The van der Waals surface area contributed by atoms with Crippen molar-refractivity contribution in [2.45, 2.75) is 12.1 Å². The molecule has 0 bridgehead atoms. The highest BCUT2D eigenvalue weighted by molar-refractivity contribution is 7.99. The molecule has 0 saturated carbocycles. The molecule has 2 rings (SSSR count). The average Bonchev–Trinajstić information content (AvgIpc) is 2.92. The Labute approximate surface area is 117 Å². The number of thioether (sulfide) groups is 1. The van der Waals surface area contributed by atoms with E-state index in [4.69, 9.17) is 9.47 Å². The van der Waals surface area contributed by atoms with Crippen molar-refractivity contribution in [1.29, 1.82) is 0 Å². The Bertz CT molecular complexity index is 514. The van der Waals surface area contributed by atoms with Crippen LogP contribution in [0.5, 0.6) is 5.75 Å². The molecule has 1 aromatic carbocycles. The molecule has 5 heteroatoms. The lowest BCUT2D eigenvalue weighted by Gasteiger charge is -2.09. The zero-order valence-corrected chi connectivity index (χ0v) is 12.0. The number of methoxy groups -OCH3 is 1. The fraction of sp³-hybridized carbons (Fsp3) is 0.357. The number of nitrogens with zero attached hydrogens (tertiary/aromatic N) is 2. The van der Waals surface area contributed by atoms with Crippen LogP contribution < -0.4 is 4.74 Å². The summed E-state index contributed by atoms with van der Waals surface area (Å²) in [6.07, 6.45) is 3.76. The van der Waals surface area contributed by atoms with E-state index < -0.39 is 0 Å². The van der Waals surface area contributed by atoms with E-state index in [1.54, 1.807) is 18.9 Å². The van der Waals surface area contributed by atoms with Gasteiger partial charge in [0, 0.05) is 30.8 Å². The van der Waals surface area contributed by atoms with Crippen molar-refractivity contribution in [3.05, 3.63) is 36.7 Å². The Hall–Kier alpha value is -1.46. The van der Waals surface area contributed by atoms with E-state index in [1.807, 2.05) is 43.6 Å². The third kappa shape index (κ3) is 3.75. The van der Waals surface area contributed by atoms with E-state index in [-0.39, 0.29) is 0 Å². The summed E-state index contributed by atoms with van der Waals surface area (Å²) in [6.45, 7) is 3.50. The van der Waals surface area contributed by atoms with E-state index in [0.29, 0.717) is 0 Å². The van der Waals surface area contributed by atoms with Gasteiger partial charge in [0.2, 0.25) is 0 Å². The number of rotatable bonds is 7. The quantitative estimate of drug-likeness (QED) is 0.576. The van der Waals surface area contributed by atoms with Crippen molar-refractivity contribution in [2.75, 3.05) is 26.1 Å². The van der Waals surface area contributed by atoms with Crippen LogP contribution in [0.4, 0.5) is 0 Å². The molecule has 0 aliphatic carbocycles. The van der Waals surface area contributed by atoms with Crippen LogP contribution >= 0.6 is 11.8 Å². The smallest absolute Gasteiger partial charge is 0.172 e. The average molecular weight is 278 g/mol. The molecular formula is C14H18N2O2S. The first-order chi connectivity index (χ1) is 9.35. The topological polar surface area (TPSA) is 36.3 Å². The van der Waals surface area contributed by atoms with E-state index in [2.05, 4.69) is 9.55 Å². The molecule has 0 saturated heterocycles. The molecule has 102 valence electrons. The first kappa shape index (κ1) is 14.0. The van der Waals surface area contributed by atoms with Crippen LogP contribution in [-0.4, -0.2) is 35.6 Å². The SMILES string of the molecule is CCOCCSc1nccn1-c1cccc(OC)c1. The molecule has 0 aliphatic rings. The number of hydrogen-bond acceptors (Lipinski definition) is 4. The number of benzene rings is 1. The number of aromatic nitrogens is 2. The predicted octanol–water partition coefficient (Wildman–Crippen LogP) is 3.01. The predicted molar refractivity (Wildman–Crippen MR) is 77.3 cm³/mol. The van der Waals surface area contributed by atoms with Crippen LogP contribution in [0.2, 0.25) is 0 Å². The molecule has 0 radical (unpaired) electrons. The van der Waals surface area contributed by atoms with Crippen molar-refractivity contribution in [3.8, 4) is 11.4 Å². The van der Waals surface area contributed by atoms with E-state index in [0.717, 1.165) is 35.6 Å². The maximum atomic E-state index is 5.34. The maximum Gasteiger partial charge on any atom is 0.172 e. The third-order valence-corrected chi connectivity index (χ3v) is 3.53. The molecule has 0 spiro atoms. The Morgan fingerprint density at radius 3 is 3.05 bits per heavy atom. The second-order valence-corrected chi connectivity index (χ2v) is 4.89. The van der Waals surface area contributed by atoms with Crippen LogP contribution in [0.1, 0.15) is 6.92 Å². The molecule has 1 aromatic heterocycles. The monoisotopic (exact) mass is 278 g/mol. The highest BCUT2D eigenvalue weighted by atomic mass is 32.2. The first-order valence-electron chi connectivity index (χ1n) is 6.23. The summed E-state index contributed by atoms with van der Waals surface area (Å²) in [7, 11) is 1.67. The van der Waals surface area contributed by atoms with Gasteiger partial charge in [0.15, 0.2) is 5.16 Å². The van der Waals surface area contributed by atoms with Gasteiger partial charge in [0.25, 0.3) is 0 Å². The van der Waals surface area contributed by atoms with Gasteiger partial charge in [0.1, 0.15) is 5.75 Å². The van der Waals surface area contributed by atoms with Crippen LogP contribution in [0.15, 0.2) is 41.8 Å². The van der Waals surface area contributed by atoms with Crippen LogP contribution in [-0.2, 0) is 4.74 Å². The van der Waals surface area contributed by atoms with Gasteiger partial charge in [-0.25, -0.2) is 4.98 Å². The molecule has 0 atom stereocenters. The van der Waals surface area contributed by atoms with Crippen LogP contribution in [0.3, 0.4) is 0 Å². The lowest BCUT2D eigenvalue weighted by atomic mass is 10.3. The maximum absolute atomic E-state index is 5.34. The zero-order chi connectivity index (χ0) is 13.5. The normalized spacial score (nSPS) is 10.6. The number of hydrogen-bond donors (Lipinski definition) is 0. The Balaban J connectivity index is 2.09. The fourth-order valence-corrected chi connectivity index (χ4v) is 2.51. The molecule has 4 nitrogen and oxygen atoms in total. The fourth-order valence-electron chi connectivity index (χ4n) is 1.69. The summed E-state index contributed by atoms with van der Waals surface area (Å²) < 4.78 is 12.6. The largest absolute Gasteiger partial charge is 0.497 e. The van der Waals surface area contributed by atoms with Crippen molar-refractivity contribution in [2.24, 2.45) is 0 Å². The molecule has 1 heterocycles. The summed E-state index contributed by atoms with van der Waals surface area (Å²) in [4.78, 5) is 4.38. The van der Waals surface area contributed by atoms with Gasteiger partial charge in [-0.2, -0.15) is 0 Å². The first-order valence-corrected chi connectivity index (χ1v) is 7.22.